The molecule has 0 aliphatic heterocycles. The molecule has 146 valence electrons. The maximum atomic E-state index is 12.5. The van der Waals surface area contributed by atoms with Crippen LogP contribution in [0.3, 0.4) is 0 Å². The van der Waals surface area contributed by atoms with Crippen LogP contribution in [0.25, 0.3) is 10.8 Å². The number of pyridine rings is 1. The first kappa shape index (κ1) is 19.4. The van der Waals surface area contributed by atoms with E-state index in [1.165, 1.54) is 14.2 Å². The van der Waals surface area contributed by atoms with E-state index in [2.05, 4.69) is 10.3 Å². The van der Waals surface area contributed by atoms with Gasteiger partial charge in [0.1, 0.15) is 18.4 Å². The molecule has 0 fully saturated rings. The molecule has 7 nitrogen and oxygen atoms in total. The molecule has 7 heteroatoms. The lowest BCUT2D eigenvalue weighted by Gasteiger charge is -2.17. The molecule has 1 amide bonds. The Morgan fingerprint density at radius 2 is 1.79 bits per heavy atom. The van der Waals surface area contributed by atoms with Crippen LogP contribution < -0.4 is 19.5 Å². The minimum atomic E-state index is -0.923. The number of nitrogens with zero attached hydrogens (tertiary/aromatic N) is 1. The summed E-state index contributed by atoms with van der Waals surface area (Å²) in [6.07, 6.45) is 0.665. The molecular weight excluding hydrogens is 360 g/mol. The SMILES string of the molecule is COc1cccc(OC)c1OCC(O)CNC(=O)c1nccc2ccccc12. The van der Waals surface area contributed by atoms with Crippen LogP contribution in [-0.2, 0) is 0 Å². The van der Waals surface area contributed by atoms with E-state index in [9.17, 15) is 9.90 Å². The summed E-state index contributed by atoms with van der Waals surface area (Å²) in [5.41, 5.74) is 0.317. The topological polar surface area (TPSA) is 89.9 Å². The summed E-state index contributed by atoms with van der Waals surface area (Å²) >= 11 is 0. The van der Waals surface area contributed by atoms with Gasteiger partial charge >= 0.3 is 0 Å². The number of aliphatic hydroxyl groups excluding tert-OH is 1. The van der Waals surface area contributed by atoms with Crippen molar-refractivity contribution in [1.29, 1.82) is 0 Å². The quantitative estimate of drug-likeness (QED) is 0.622. The van der Waals surface area contributed by atoms with Crippen LogP contribution in [0.5, 0.6) is 17.2 Å². The third kappa shape index (κ3) is 4.32. The Balaban J connectivity index is 1.60. The predicted molar refractivity (Wildman–Crippen MR) is 105 cm³/mol. The molecule has 0 aliphatic rings. The molecule has 0 bridgehead atoms. The summed E-state index contributed by atoms with van der Waals surface area (Å²) in [6, 6.07) is 14.6. The van der Waals surface area contributed by atoms with Crippen molar-refractivity contribution in [3.05, 3.63) is 60.4 Å². The van der Waals surface area contributed by atoms with Crippen molar-refractivity contribution in [2.24, 2.45) is 0 Å². The fourth-order valence-corrected chi connectivity index (χ4v) is 2.79. The van der Waals surface area contributed by atoms with Gasteiger partial charge in [0.2, 0.25) is 5.75 Å². The Morgan fingerprint density at radius 3 is 2.50 bits per heavy atom. The van der Waals surface area contributed by atoms with Gasteiger partial charge in [-0.2, -0.15) is 0 Å². The molecule has 2 N–H and O–H groups in total. The number of para-hydroxylation sites is 1. The average Bonchev–Trinajstić information content (AvgIpc) is 2.75. The van der Waals surface area contributed by atoms with Gasteiger partial charge in [-0.1, -0.05) is 30.3 Å². The number of aliphatic hydroxyl groups is 1. The third-order valence-electron chi connectivity index (χ3n) is 4.19. The number of methoxy groups -OCH3 is 2. The highest BCUT2D eigenvalue weighted by Gasteiger charge is 2.16. The first-order valence-electron chi connectivity index (χ1n) is 8.78. The number of rotatable bonds is 8. The van der Waals surface area contributed by atoms with Crippen LogP contribution >= 0.6 is 0 Å². The van der Waals surface area contributed by atoms with Gasteiger partial charge in [0.25, 0.3) is 5.91 Å². The van der Waals surface area contributed by atoms with E-state index in [-0.39, 0.29) is 19.1 Å². The second kappa shape index (κ2) is 9.05. The van der Waals surface area contributed by atoms with Crippen molar-refractivity contribution < 1.29 is 24.1 Å². The smallest absolute Gasteiger partial charge is 0.270 e. The van der Waals surface area contributed by atoms with Gasteiger partial charge < -0.3 is 24.6 Å². The summed E-state index contributed by atoms with van der Waals surface area (Å²) in [7, 11) is 3.05. The van der Waals surface area contributed by atoms with Crippen molar-refractivity contribution in [3.8, 4) is 17.2 Å². The van der Waals surface area contributed by atoms with Gasteiger partial charge in [0, 0.05) is 18.1 Å². The van der Waals surface area contributed by atoms with Crippen molar-refractivity contribution >= 4 is 16.7 Å². The molecule has 2 aromatic carbocycles. The van der Waals surface area contributed by atoms with E-state index in [1.807, 2.05) is 30.3 Å². The van der Waals surface area contributed by atoms with Crippen molar-refractivity contribution in [2.75, 3.05) is 27.4 Å². The summed E-state index contributed by atoms with van der Waals surface area (Å²) in [4.78, 5) is 16.6. The number of aromatic nitrogens is 1. The van der Waals surface area contributed by atoms with E-state index in [1.54, 1.807) is 24.4 Å². The summed E-state index contributed by atoms with van der Waals surface area (Å²) in [5.74, 6) is 1.03. The van der Waals surface area contributed by atoms with E-state index in [4.69, 9.17) is 14.2 Å². The van der Waals surface area contributed by atoms with Crippen LogP contribution in [0.2, 0.25) is 0 Å². The van der Waals surface area contributed by atoms with Crippen LogP contribution in [-0.4, -0.2) is 49.5 Å². The number of carbonyl (C=O) groups excluding carboxylic acids is 1. The van der Waals surface area contributed by atoms with Gasteiger partial charge in [0.15, 0.2) is 11.5 Å². The molecule has 0 saturated carbocycles. The maximum Gasteiger partial charge on any atom is 0.270 e. The molecule has 0 saturated heterocycles. The summed E-state index contributed by atoms with van der Waals surface area (Å²) < 4.78 is 16.2. The van der Waals surface area contributed by atoms with Crippen molar-refractivity contribution in [3.63, 3.8) is 0 Å². The number of ether oxygens (including phenoxy) is 3. The van der Waals surface area contributed by atoms with Gasteiger partial charge in [-0.05, 0) is 23.6 Å². The zero-order chi connectivity index (χ0) is 19.9. The molecule has 3 aromatic rings. The zero-order valence-corrected chi connectivity index (χ0v) is 15.7. The lowest BCUT2D eigenvalue weighted by atomic mass is 10.1. The highest BCUT2D eigenvalue weighted by atomic mass is 16.5. The molecule has 28 heavy (non-hydrogen) atoms. The summed E-state index contributed by atoms with van der Waals surface area (Å²) in [6.45, 7) is -0.0266. The normalized spacial score (nSPS) is 11.7. The van der Waals surface area contributed by atoms with Crippen LogP contribution in [0, 0.1) is 0 Å². The van der Waals surface area contributed by atoms with E-state index in [0.29, 0.717) is 22.9 Å². The number of hydrogen-bond donors (Lipinski definition) is 2. The van der Waals surface area contributed by atoms with Gasteiger partial charge in [-0.3, -0.25) is 9.78 Å². The molecule has 3 rings (SSSR count). The van der Waals surface area contributed by atoms with Crippen LogP contribution in [0.1, 0.15) is 10.5 Å². The molecule has 1 atom stereocenters. The van der Waals surface area contributed by atoms with Gasteiger partial charge in [-0.15, -0.1) is 0 Å². The highest BCUT2D eigenvalue weighted by molar-refractivity contribution is 6.05. The van der Waals surface area contributed by atoms with Crippen LogP contribution in [0.15, 0.2) is 54.7 Å². The standard InChI is InChI=1S/C21H22N2O5/c1-26-17-8-5-9-18(27-2)20(17)28-13-15(24)12-23-21(25)19-16-7-4-3-6-14(16)10-11-22-19/h3-11,15,24H,12-13H2,1-2H3,(H,23,25). The number of hydrogen-bond acceptors (Lipinski definition) is 6. The van der Waals surface area contributed by atoms with E-state index in [0.717, 1.165) is 10.8 Å². The van der Waals surface area contributed by atoms with Gasteiger partial charge in [-0.25, -0.2) is 0 Å². The largest absolute Gasteiger partial charge is 0.493 e. The molecular formula is C21H22N2O5. The fraction of sp³-hybridized carbons (Fsp3) is 0.238. The Hall–Kier alpha value is -3.32. The third-order valence-corrected chi connectivity index (χ3v) is 4.19. The zero-order valence-electron chi connectivity index (χ0n) is 15.7. The van der Waals surface area contributed by atoms with Crippen LogP contribution in [0.4, 0.5) is 0 Å². The minimum Gasteiger partial charge on any atom is -0.493 e. The first-order chi connectivity index (χ1) is 13.6. The average molecular weight is 382 g/mol. The molecule has 1 unspecified atom stereocenters. The first-order valence-corrected chi connectivity index (χ1v) is 8.78. The number of benzene rings is 2. The molecule has 1 aromatic heterocycles. The Morgan fingerprint density at radius 1 is 1.07 bits per heavy atom. The number of carbonyl (C=O) groups is 1. The van der Waals surface area contributed by atoms with E-state index >= 15 is 0 Å². The minimum absolute atomic E-state index is 0.0151. The van der Waals surface area contributed by atoms with Crippen molar-refractivity contribution in [1.82, 2.24) is 10.3 Å². The fourth-order valence-electron chi connectivity index (χ4n) is 2.79. The Bertz CT molecular complexity index is 933. The predicted octanol–water partition coefficient (Wildman–Crippen LogP) is 2.42. The van der Waals surface area contributed by atoms with Crippen molar-refractivity contribution in [2.45, 2.75) is 6.10 Å². The maximum absolute atomic E-state index is 12.5. The molecule has 0 aliphatic carbocycles. The summed E-state index contributed by atoms with van der Waals surface area (Å²) in [5, 5.41) is 14.6. The molecule has 0 spiro atoms. The second-order valence-corrected chi connectivity index (χ2v) is 6.05. The monoisotopic (exact) mass is 382 g/mol. The Labute approximate surface area is 162 Å². The van der Waals surface area contributed by atoms with Gasteiger partial charge in [0.05, 0.1) is 14.2 Å². The Kier molecular flexibility index (Phi) is 6.29. The lowest BCUT2D eigenvalue weighted by Crippen LogP contribution is -2.35. The number of fused-ring (bicyclic) bond motifs is 1. The van der Waals surface area contributed by atoms with E-state index < -0.39 is 6.10 Å². The number of nitrogens with one attached hydrogen (secondary N) is 1. The highest BCUT2D eigenvalue weighted by Crippen LogP contribution is 2.36. The second-order valence-electron chi connectivity index (χ2n) is 6.05. The number of amides is 1. The molecule has 0 radical (unpaired) electrons. The molecule has 1 heterocycles. The lowest BCUT2D eigenvalue weighted by molar-refractivity contribution is 0.0831.